The molecule has 8 nitrogen and oxygen atoms in total. The van der Waals surface area contributed by atoms with Crippen molar-refractivity contribution >= 4 is 17.8 Å². The third-order valence-corrected chi connectivity index (χ3v) is 11.0. The van der Waals surface area contributed by atoms with Crippen molar-refractivity contribution in [3.05, 3.63) is 0 Å². The van der Waals surface area contributed by atoms with E-state index in [1.165, 1.54) is 57.8 Å². The van der Waals surface area contributed by atoms with Crippen molar-refractivity contribution in [1.29, 1.82) is 0 Å². The second kappa shape index (κ2) is 14.6. The number of hydrogen-bond donors (Lipinski definition) is 2. The molecule has 248 valence electrons. The predicted octanol–water partition coefficient (Wildman–Crippen LogP) is 7.90. The summed E-state index contributed by atoms with van der Waals surface area (Å²) >= 11 is 0. The molecule has 2 saturated heterocycles. The van der Waals surface area contributed by atoms with Gasteiger partial charge in [-0.15, -0.1) is 0 Å². The highest BCUT2D eigenvalue weighted by molar-refractivity contribution is 5.44. The first-order valence-electron chi connectivity index (χ1n) is 17.5. The molecule has 1 aromatic rings. The quantitative estimate of drug-likeness (QED) is 0.197. The highest BCUT2D eigenvalue weighted by Crippen LogP contribution is 2.41. The van der Waals surface area contributed by atoms with Gasteiger partial charge < -0.3 is 16.0 Å². The molecule has 3 N–H and O–H groups in total. The monoisotopic (exact) mass is 601 g/mol. The van der Waals surface area contributed by atoms with Crippen molar-refractivity contribution in [3.63, 3.8) is 0 Å². The van der Waals surface area contributed by atoms with Crippen molar-refractivity contribution in [2.75, 3.05) is 36.6 Å². The number of rotatable bonds is 15. The molecule has 0 aromatic carbocycles. The molecule has 1 aromatic heterocycles. The number of nitrogens with two attached hydrogens (primary N) is 1. The van der Waals surface area contributed by atoms with Gasteiger partial charge in [0.2, 0.25) is 17.8 Å². The average Bonchev–Trinajstić information content (AvgIpc) is 2.88. The Morgan fingerprint density at radius 3 is 1.60 bits per heavy atom. The number of nitrogen functional groups attached to an aromatic ring is 1. The molecule has 3 heterocycles. The van der Waals surface area contributed by atoms with Crippen LogP contribution in [0.1, 0.15) is 152 Å². The maximum atomic E-state index is 6.40. The smallest absolute Gasteiger partial charge is 0.232 e. The van der Waals surface area contributed by atoms with Crippen LogP contribution in [-0.2, 0) is 0 Å². The maximum Gasteiger partial charge on any atom is 0.232 e. The highest BCUT2D eigenvalue weighted by atomic mass is 15.4. The van der Waals surface area contributed by atoms with Gasteiger partial charge in [-0.25, -0.2) is 0 Å². The van der Waals surface area contributed by atoms with Gasteiger partial charge in [0.25, 0.3) is 0 Å². The molecular weight excluding hydrogens is 532 g/mol. The summed E-state index contributed by atoms with van der Waals surface area (Å²) in [6.45, 7) is 22.0. The van der Waals surface area contributed by atoms with Crippen LogP contribution in [0.5, 0.6) is 0 Å². The average molecular weight is 601 g/mol. The molecule has 0 spiro atoms. The zero-order valence-electron chi connectivity index (χ0n) is 30.0. The lowest BCUT2D eigenvalue weighted by molar-refractivity contribution is -0.0129. The first-order chi connectivity index (χ1) is 20.0. The Morgan fingerprint density at radius 2 is 1.12 bits per heavy atom. The Balaban J connectivity index is 1.76. The minimum Gasteiger partial charge on any atom is -0.368 e. The van der Waals surface area contributed by atoms with E-state index in [4.69, 9.17) is 15.7 Å². The lowest BCUT2D eigenvalue weighted by Gasteiger charge is -2.55. The SMILES string of the molecule is CCCCCCCCCCCCN(c1nc(N)nc(NC2CC(C)(C)N(C)C(C)(C)C2)n1)C1CC(C)(C)N(C)C(C)(C)C1. The molecule has 0 bridgehead atoms. The molecule has 0 saturated carbocycles. The minimum absolute atomic E-state index is 0.0768. The van der Waals surface area contributed by atoms with Crippen LogP contribution < -0.4 is 16.0 Å². The highest BCUT2D eigenvalue weighted by Gasteiger charge is 2.46. The van der Waals surface area contributed by atoms with Gasteiger partial charge in [0, 0.05) is 40.8 Å². The van der Waals surface area contributed by atoms with E-state index in [2.05, 4.69) is 101 Å². The third-order valence-electron chi connectivity index (χ3n) is 11.0. The standard InChI is InChI=1S/C35H68N8/c1-12-13-14-15-16-17-18-19-20-21-22-43(28-25-34(6,7)42(11)35(8,9)26-28)31-39-29(36)38-30(40-31)37-27-23-32(2,3)41(10)33(4,5)24-27/h27-28H,12-26H2,1-11H3,(H3,36,37,38,39,40). The van der Waals surface area contributed by atoms with Gasteiger partial charge in [0.15, 0.2) is 0 Å². The Morgan fingerprint density at radius 1 is 0.674 bits per heavy atom. The molecule has 0 amide bonds. The number of aromatic nitrogens is 3. The van der Waals surface area contributed by atoms with Crippen LogP contribution >= 0.6 is 0 Å². The molecule has 0 aliphatic carbocycles. The first-order valence-corrected chi connectivity index (χ1v) is 17.5. The fraction of sp³-hybridized carbons (Fsp3) is 0.914. The van der Waals surface area contributed by atoms with Gasteiger partial charge in [-0.05, 0) is 102 Å². The van der Waals surface area contributed by atoms with E-state index < -0.39 is 0 Å². The van der Waals surface area contributed by atoms with E-state index in [1.807, 2.05) is 0 Å². The number of hydrogen-bond acceptors (Lipinski definition) is 8. The fourth-order valence-corrected chi connectivity index (χ4v) is 7.98. The second-order valence-corrected chi connectivity index (χ2v) is 16.4. The van der Waals surface area contributed by atoms with Crippen LogP contribution in [0.4, 0.5) is 17.8 Å². The van der Waals surface area contributed by atoms with E-state index in [-0.39, 0.29) is 28.2 Å². The van der Waals surface area contributed by atoms with Gasteiger partial charge in [0.05, 0.1) is 0 Å². The largest absolute Gasteiger partial charge is 0.368 e. The number of anilines is 3. The summed E-state index contributed by atoms with van der Waals surface area (Å²) in [5.41, 5.74) is 6.70. The Labute approximate surface area is 265 Å². The van der Waals surface area contributed by atoms with E-state index in [1.54, 1.807) is 0 Å². The van der Waals surface area contributed by atoms with Gasteiger partial charge in [-0.3, -0.25) is 9.80 Å². The first kappa shape index (κ1) is 35.8. The number of likely N-dealkylation sites (tertiary alicyclic amines) is 2. The lowest BCUT2D eigenvalue weighted by atomic mass is 9.77. The number of piperidine rings is 2. The summed E-state index contributed by atoms with van der Waals surface area (Å²) in [5, 5.41) is 3.70. The normalized spacial score (nSPS) is 22.5. The molecule has 2 aliphatic heterocycles. The van der Waals surface area contributed by atoms with Crippen molar-refractivity contribution in [1.82, 2.24) is 24.8 Å². The molecule has 0 atom stereocenters. The zero-order chi connectivity index (χ0) is 32.1. The van der Waals surface area contributed by atoms with Crippen LogP contribution in [0.2, 0.25) is 0 Å². The summed E-state index contributed by atoms with van der Waals surface area (Å²) in [4.78, 5) is 22.0. The van der Waals surface area contributed by atoms with E-state index >= 15 is 0 Å². The van der Waals surface area contributed by atoms with Crippen molar-refractivity contribution < 1.29 is 0 Å². The summed E-state index contributed by atoms with van der Waals surface area (Å²) < 4.78 is 0. The van der Waals surface area contributed by atoms with Gasteiger partial charge >= 0.3 is 0 Å². The molecular formula is C35H68N8. The van der Waals surface area contributed by atoms with Gasteiger partial charge in [0.1, 0.15) is 0 Å². The third kappa shape index (κ3) is 9.66. The molecule has 0 radical (unpaired) electrons. The van der Waals surface area contributed by atoms with Crippen LogP contribution in [0.25, 0.3) is 0 Å². The predicted molar refractivity (Wildman–Crippen MR) is 185 cm³/mol. The van der Waals surface area contributed by atoms with Gasteiger partial charge in [-0.1, -0.05) is 64.7 Å². The Kier molecular flexibility index (Phi) is 12.2. The van der Waals surface area contributed by atoms with E-state index in [0.717, 1.165) is 44.6 Å². The molecule has 8 heteroatoms. The molecule has 2 fully saturated rings. The second-order valence-electron chi connectivity index (χ2n) is 16.4. The summed E-state index contributed by atoms with van der Waals surface area (Å²) in [7, 11) is 4.52. The Bertz CT molecular complexity index is 968. The van der Waals surface area contributed by atoms with Crippen LogP contribution in [0.3, 0.4) is 0 Å². The summed E-state index contributed by atoms with van der Waals surface area (Å²) in [6, 6.07) is 0.614. The molecule has 3 rings (SSSR count). The fourth-order valence-electron chi connectivity index (χ4n) is 7.98. The van der Waals surface area contributed by atoms with E-state index in [0.29, 0.717) is 17.9 Å². The van der Waals surface area contributed by atoms with Gasteiger partial charge in [-0.2, -0.15) is 15.0 Å². The van der Waals surface area contributed by atoms with Crippen LogP contribution in [0.15, 0.2) is 0 Å². The maximum absolute atomic E-state index is 6.40. The Hall–Kier alpha value is -1.67. The molecule has 43 heavy (non-hydrogen) atoms. The summed E-state index contributed by atoms with van der Waals surface area (Å²) in [6.07, 6.45) is 17.5. The van der Waals surface area contributed by atoms with Crippen molar-refractivity contribution in [3.8, 4) is 0 Å². The number of unbranched alkanes of at least 4 members (excludes halogenated alkanes) is 9. The lowest BCUT2D eigenvalue weighted by Crippen LogP contribution is -2.63. The van der Waals surface area contributed by atoms with Crippen molar-refractivity contribution in [2.45, 2.75) is 186 Å². The number of nitrogens with zero attached hydrogens (tertiary/aromatic N) is 6. The number of nitrogens with one attached hydrogen (secondary N) is 1. The molecule has 0 unspecified atom stereocenters. The van der Waals surface area contributed by atoms with E-state index in [9.17, 15) is 0 Å². The topological polar surface area (TPSA) is 86.4 Å². The van der Waals surface area contributed by atoms with Crippen molar-refractivity contribution in [2.24, 2.45) is 0 Å². The van der Waals surface area contributed by atoms with Crippen LogP contribution in [-0.4, -0.2) is 79.6 Å². The zero-order valence-corrected chi connectivity index (χ0v) is 30.0. The summed E-state index contributed by atoms with van der Waals surface area (Å²) in [5.74, 6) is 1.65. The van der Waals surface area contributed by atoms with Crippen LogP contribution in [0, 0.1) is 0 Å². The molecule has 2 aliphatic rings. The minimum atomic E-state index is 0.0768.